The fraction of sp³-hybridized carbons (Fsp3) is 0.364. The summed E-state index contributed by atoms with van der Waals surface area (Å²) in [5.41, 5.74) is 6.50. The molecule has 0 radical (unpaired) electrons. The van der Waals surface area contributed by atoms with E-state index in [1.54, 1.807) is 31.5 Å². The zero-order valence-corrected chi connectivity index (χ0v) is 34.5. The van der Waals surface area contributed by atoms with Crippen LogP contribution in [0.4, 0.5) is 11.4 Å². The lowest BCUT2D eigenvalue weighted by Crippen LogP contribution is -2.36. The summed E-state index contributed by atoms with van der Waals surface area (Å²) in [6, 6.07) is 20.6. The zero-order chi connectivity index (χ0) is 40.9. The van der Waals surface area contributed by atoms with Gasteiger partial charge in [0.15, 0.2) is 11.5 Å². The van der Waals surface area contributed by atoms with Crippen LogP contribution in [-0.2, 0) is 26.6 Å². The number of nitrogens with one attached hydrogen (secondary N) is 2. The first-order valence-electron chi connectivity index (χ1n) is 19.0. The Labute approximate surface area is 335 Å². The molecular formula is C44H51N5O7S. The molecule has 1 aromatic heterocycles. The minimum Gasteiger partial charge on any atom is -0.496 e. The van der Waals surface area contributed by atoms with Crippen LogP contribution in [-0.4, -0.2) is 88.3 Å². The maximum absolute atomic E-state index is 13.8. The molecule has 12 nitrogen and oxygen atoms in total. The fourth-order valence-electron chi connectivity index (χ4n) is 6.92. The van der Waals surface area contributed by atoms with E-state index in [-0.39, 0.29) is 28.5 Å². The molecule has 0 atom stereocenters. The highest BCUT2D eigenvalue weighted by molar-refractivity contribution is 7.92. The number of amides is 1. The van der Waals surface area contributed by atoms with E-state index in [2.05, 4.69) is 19.9 Å². The first-order valence-corrected chi connectivity index (χ1v) is 20.9. The van der Waals surface area contributed by atoms with Gasteiger partial charge in [-0.1, -0.05) is 39.0 Å². The van der Waals surface area contributed by atoms with Crippen molar-refractivity contribution >= 4 is 44.0 Å². The number of hydrogen-bond donors (Lipinski definition) is 2. The highest BCUT2D eigenvalue weighted by Gasteiger charge is 2.23. The number of hydrogen-bond acceptors (Lipinski definition) is 10. The highest BCUT2D eigenvalue weighted by Crippen LogP contribution is 2.39. The van der Waals surface area contributed by atoms with Gasteiger partial charge in [0.05, 0.1) is 56.1 Å². The van der Waals surface area contributed by atoms with Gasteiger partial charge in [0.1, 0.15) is 11.6 Å². The van der Waals surface area contributed by atoms with Crippen LogP contribution in [0.5, 0.6) is 11.5 Å². The highest BCUT2D eigenvalue weighted by atomic mass is 32.2. The van der Waals surface area contributed by atoms with E-state index in [0.29, 0.717) is 41.2 Å². The summed E-state index contributed by atoms with van der Waals surface area (Å²) >= 11 is 0. The molecule has 5 aromatic rings. The Bertz CT molecular complexity index is 2400. The van der Waals surface area contributed by atoms with Crippen molar-refractivity contribution < 1.29 is 32.2 Å². The molecule has 0 bridgehead atoms. The molecule has 300 valence electrons. The Kier molecular flexibility index (Phi) is 12.6. The Hall–Kier alpha value is -5.37. The number of aryl methyl sites for hydroxylation is 1. The number of aromatic nitrogens is 2. The van der Waals surface area contributed by atoms with Gasteiger partial charge in [-0.3, -0.25) is 19.2 Å². The van der Waals surface area contributed by atoms with Crippen molar-refractivity contribution in [2.75, 3.05) is 63.4 Å². The van der Waals surface area contributed by atoms with Crippen LogP contribution >= 0.6 is 0 Å². The number of nitrogens with zero attached hydrogens (tertiary/aromatic N) is 3. The maximum Gasteiger partial charge on any atom is 0.255 e. The Morgan fingerprint density at radius 2 is 1.68 bits per heavy atom. The summed E-state index contributed by atoms with van der Waals surface area (Å²) in [4.78, 5) is 38.7. The molecule has 1 fully saturated rings. The van der Waals surface area contributed by atoms with Crippen LogP contribution < -0.4 is 19.5 Å². The van der Waals surface area contributed by atoms with E-state index in [1.165, 1.54) is 7.11 Å². The van der Waals surface area contributed by atoms with Crippen LogP contribution in [0.1, 0.15) is 76.8 Å². The molecule has 0 saturated carbocycles. The number of morpholine rings is 1. The molecule has 0 spiro atoms. The van der Waals surface area contributed by atoms with Crippen molar-refractivity contribution in [2.45, 2.75) is 52.4 Å². The summed E-state index contributed by atoms with van der Waals surface area (Å²) in [7, 11) is -0.614. The molecule has 2 heterocycles. The Morgan fingerprint density at radius 3 is 2.39 bits per heavy atom. The van der Waals surface area contributed by atoms with Crippen LogP contribution in [0.3, 0.4) is 0 Å². The normalized spacial score (nSPS) is 13.7. The van der Waals surface area contributed by atoms with Crippen LogP contribution in [0.15, 0.2) is 72.9 Å². The molecule has 1 aliphatic rings. The molecule has 1 saturated heterocycles. The van der Waals surface area contributed by atoms with E-state index >= 15 is 0 Å². The second-order valence-corrected chi connectivity index (χ2v) is 17.2. The first kappa shape index (κ1) is 41.3. The molecular weight excluding hydrogens is 743 g/mol. The van der Waals surface area contributed by atoms with Gasteiger partial charge < -0.3 is 19.5 Å². The van der Waals surface area contributed by atoms with E-state index in [0.717, 1.165) is 84.2 Å². The number of fused-ring (bicyclic) bond motifs is 1. The molecule has 57 heavy (non-hydrogen) atoms. The Balaban J connectivity index is 1.18. The van der Waals surface area contributed by atoms with Gasteiger partial charge in [0, 0.05) is 43.1 Å². The monoisotopic (exact) mass is 793 g/mol. The SMILES string of the molecule is COc1cc(Cc2ncc3cc(-c4cc(C(=O)Nc5cc(C(C)(C)C)cc(NS(C)(=O)=O)c5OC)ccc4C)ccc3n2)ccc1C(=O)CCCN1CCOCC1. The van der Waals surface area contributed by atoms with Crippen molar-refractivity contribution in [2.24, 2.45) is 0 Å². The summed E-state index contributed by atoms with van der Waals surface area (Å²) < 4.78 is 43.6. The number of methoxy groups -OCH3 is 2. The lowest BCUT2D eigenvalue weighted by atomic mass is 9.86. The topological polar surface area (TPSA) is 149 Å². The number of ketones is 1. The average molecular weight is 794 g/mol. The standard InChI is InChI=1S/C44H51N5O7S/c1-28-10-12-31(43(51)47-37-25-33(44(2,3)4)26-38(42(37)55-6)48-57(7,52)53)24-35(28)30-13-15-36-32(23-30)27-45-41(46-36)22-29-11-14-34(40(21-29)54-5)39(50)9-8-16-49-17-19-56-20-18-49/h10-15,21,23-27,48H,8-9,16-20,22H2,1-7H3,(H,47,51). The number of benzene rings is 4. The minimum atomic E-state index is -3.63. The molecule has 0 unspecified atom stereocenters. The molecule has 4 aromatic carbocycles. The largest absolute Gasteiger partial charge is 0.496 e. The van der Waals surface area contributed by atoms with E-state index in [9.17, 15) is 18.0 Å². The second kappa shape index (κ2) is 17.4. The number of Topliss-reactive ketones (excluding diaryl/α,β-unsaturated/α-hetero) is 1. The van der Waals surface area contributed by atoms with Gasteiger partial charge in [0.25, 0.3) is 5.91 Å². The van der Waals surface area contributed by atoms with E-state index in [1.807, 2.05) is 76.2 Å². The van der Waals surface area contributed by atoms with Gasteiger partial charge in [0.2, 0.25) is 10.0 Å². The first-order chi connectivity index (χ1) is 27.1. The van der Waals surface area contributed by atoms with Gasteiger partial charge in [-0.05, 0) is 102 Å². The predicted molar refractivity (Wildman–Crippen MR) is 224 cm³/mol. The van der Waals surface area contributed by atoms with Crippen molar-refractivity contribution in [1.29, 1.82) is 0 Å². The summed E-state index contributed by atoms with van der Waals surface area (Å²) in [6.07, 6.45) is 4.57. The molecule has 2 N–H and O–H groups in total. The van der Waals surface area contributed by atoms with Gasteiger partial charge in [-0.15, -0.1) is 0 Å². The third-order valence-corrected chi connectivity index (χ3v) is 10.6. The van der Waals surface area contributed by atoms with Crippen LogP contribution in [0.25, 0.3) is 22.0 Å². The predicted octanol–water partition coefficient (Wildman–Crippen LogP) is 7.43. The third-order valence-electron chi connectivity index (χ3n) is 10.1. The van der Waals surface area contributed by atoms with Crippen molar-refractivity contribution in [1.82, 2.24) is 14.9 Å². The van der Waals surface area contributed by atoms with Gasteiger partial charge in [-0.2, -0.15) is 0 Å². The summed E-state index contributed by atoms with van der Waals surface area (Å²) in [5, 5.41) is 3.80. The number of anilines is 2. The number of carbonyl (C=O) groups excluding carboxylic acids is 2. The molecule has 6 rings (SSSR count). The minimum absolute atomic E-state index is 0.0648. The van der Waals surface area contributed by atoms with E-state index < -0.39 is 10.0 Å². The maximum atomic E-state index is 13.8. The summed E-state index contributed by atoms with van der Waals surface area (Å²) in [6.45, 7) is 12.2. The summed E-state index contributed by atoms with van der Waals surface area (Å²) in [5.74, 6) is 1.08. The van der Waals surface area contributed by atoms with Crippen molar-refractivity contribution in [3.05, 3.63) is 107 Å². The fourth-order valence-corrected chi connectivity index (χ4v) is 7.48. The smallest absolute Gasteiger partial charge is 0.255 e. The molecule has 0 aliphatic carbocycles. The molecule has 1 amide bonds. The number of rotatable bonds is 14. The van der Waals surface area contributed by atoms with E-state index in [4.69, 9.17) is 19.2 Å². The number of carbonyl (C=O) groups is 2. The number of sulfonamides is 1. The Morgan fingerprint density at radius 1 is 0.930 bits per heavy atom. The van der Waals surface area contributed by atoms with Crippen LogP contribution in [0, 0.1) is 6.92 Å². The van der Waals surface area contributed by atoms with Gasteiger partial charge >= 0.3 is 0 Å². The molecule has 1 aliphatic heterocycles. The second-order valence-electron chi connectivity index (χ2n) is 15.5. The quantitative estimate of drug-likeness (QED) is 0.109. The zero-order valence-electron chi connectivity index (χ0n) is 33.7. The number of ether oxygens (including phenoxy) is 3. The average Bonchev–Trinajstić information content (AvgIpc) is 3.17. The lowest BCUT2D eigenvalue weighted by molar-refractivity contribution is 0.0371. The lowest BCUT2D eigenvalue weighted by Gasteiger charge is -2.26. The third kappa shape index (κ3) is 10.3. The van der Waals surface area contributed by atoms with Crippen LogP contribution in [0.2, 0.25) is 0 Å². The molecule has 13 heteroatoms. The van der Waals surface area contributed by atoms with Crippen molar-refractivity contribution in [3.63, 3.8) is 0 Å². The van der Waals surface area contributed by atoms with Crippen molar-refractivity contribution in [3.8, 4) is 22.6 Å². The van der Waals surface area contributed by atoms with Gasteiger partial charge in [-0.25, -0.2) is 18.4 Å².